The van der Waals surface area contributed by atoms with E-state index in [4.69, 9.17) is 4.74 Å². The maximum Gasteiger partial charge on any atom is 0.251 e. The van der Waals surface area contributed by atoms with Crippen molar-refractivity contribution in [3.8, 4) is 0 Å². The summed E-state index contributed by atoms with van der Waals surface area (Å²) in [6, 6.07) is 7.14. The molecular formula is C17H27N3O4S. The molecule has 1 amide bonds. The van der Waals surface area contributed by atoms with Gasteiger partial charge in [0.2, 0.25) is 10.0 Å². The molecule has 0 aromatic heterocycles. The van der Waals surface area contributed by atoms with Crippen molar-refractivity contribution in [3.63, 3.8) is 0 Å². The van der Waals surface area contributed by atoms with Gasteiger partial charge in [0.05, 0.1) is 25.0 Å². The zero-order chi connectivity index (χ0) is 18.6. The number of hydrogen-bond acceptors (Lipinski definition) is 5. The minimum Gasteiger partial charge on any atom is -0.379 e. The smallest absolute Gasteiger partial charge is 0.251 e. The van der Waals surface area contributed by atoms with Gasteiger partial charge in [-0.25, -0.2) is 12.7 Å². The van der Waals surface area contributed by atoms with Crippen LogP contribution in [0.5, 0.6) is 0 Å². The SMILES string of the molecule is CN(C)Cc1cccc(C(=O)NC2COCC2CS(=O)(=O)N(C)C)c1. The van der Waals surface area contributed by atoms with Gasteiger partial charge in [-0.1, -0.05) is 12.1 Å². The van der Waals surface area contributed by atoms with Crippen LogP contribution >= 0.6 is 0 Å². The van der Waals surface area contributed by atoms with Crippen molar-refractivity contribution < 1.29 is 17.9 Å². The highest BCUT2D eigenvalue weighted by Gasteiger charge is 2.34. The molecule has 1 fully saturated rings. The quantitative estimate of drug-likeness (QED) is 0.752. The number of rotatable bonds is 7. The molecule has 1 N–H and O–H groups in total. The molecule has 1 aromatic rings. The molecular weight excluding hydrogens is 342 g/mol. The molecule has 0 aliphatic carbocycles. The lowest BCUT2D eigenvalue weighted by molar-refractivity contribution is 0.0926. The first-order valence-corrected chi connectivity index (χ1v) is 9.82. The van der Waals surface area contributed by atoms with Crippen LogP contribution in [-0.2, 0) is 21.3 Å². The Labute approximate surface area is 150 Å². The number of carbonyl (C=O) groups excluding carboxylic acids is 1. The minimum atomic E-state index is -3.34. The molecule has 140 valence electrons. The monoisotopic (exact) mass is 369 g/mol. The van der Waals surface area contributed by atoms with Crippen LogP contribution in [0.25, 0.3) is 0 Å². The molecule has 0 spiro atoms. The van der Waals surface area contributed by atoms with Gasteiger partial charge in [0, 0.05) is 32.1 Å². The van der Waals surface area contributed by atoms with Crippen molar-refractivity contribution >= 4 is 15.9 Å². The molecule has 1 saturated heterocycles. The van der Waals surface area contributed by atoms with Gasteiger partial charge in [-0.05, 0) is 31.8 Å². The topological polar surface area (TPSA) is 79.0 Å². The highest BCUT2D eigenvalue weighted by atomic mass is 32.2. The molecule has 1 aromatic carbocycles. The minimum absolute atomic E-state index is 0.0361. The first kappa shape index (κ1) is 19.8. The van der Waals surface area contributed by atoms with E-state index < -0.39 is 10.0 Å². The maximum absolute atomic E-state index is 12.5. The van der Waals surface area contributed by atoms with E-state index in [0.717, 1.165) is 12.1 Å². The predicted molar refractivity (Wildman–Crippen MR) is 96.9 cm³/mol. The summed E-state index contributed by atoms with van der Waals surface area (Å²) in [6.07, 6.45) is 0. The summed E-state index contributed by atoms with van der Waals surface area (Å²) in [5.74, 6) is -0.490. The second-order valence-corrected chi connectivity index (χ2v) is 9.10. The molecule has 25 heavy (non-hydrogen) atoms. The fourth-order valence-electron chi connectivity index (χ4n) is 2.77. The van der Waals surface area contributed by atoms with Gasteiger partial charge in [0.15, 0.2) is 0 Å². The fourth-order valence-corrected chi connectivity index (χ4v) is 3.94. The van der Waals surface area contributed by atoms with Crippen LogP contribution in [-0.4, -0.2) is 76.7 Å². The van der Waals surface area contributed by atoms with Crippen LogP contribution in [0.1, 0.15) is 15.9 Å². The molecule has 1 aliphatic rings. The molecule has 0 saturated carbocycles. The third kappa shape index (κ3) is 5.50. The fraction of sp³-hybridized carbons (Fsp3) is 0.588. The van der Waals surface area contributed by atoms with Crippen LogP contribution in [0.15, 0.2) is 24.3 Å². The molecule has 8 heteroatoms. The Morgan fingerprint density at radius 1 is 1.24 bits per heavy atom. The van der Waals surface area contributed by atoms with Crippen molar-refractivity contribution in [2.24, 2.45) is 5.92 Å². The van der Waals surface area contributed by atoms with E-state index in [1.54, 1.807) is 6.07 Å². The van der Waals surface area contributed by atoms with Gasteiger partial charge in [-0.2, -0.15) is 0 Å². The Balaban J connectivity index is 2.04. The van der Waals surface area contributed by atoms with Crippen molar-refractivity contribution in [3.05, 3.63) is 35.4 Å². The van der Waals surface area contributed by atoms with Gasteiger partial charge in [0.1, 0.15) is 0 Å². The Morgan fingerprint density at radius 2 is 1.96 bits per heavy atom. The summed E-state index contributed by atoms with van der Waals surface area (Å²) in [4.78, 5) is 14.6. The Hall–Kier alpha value is -1.48. The van der Waals surface area contributed by atoms with Crippen molar-refractivity contribution in [1.82, 2.24) is 14.5 Å². The molecule has 7 nitrogen and oxygen atoms in total. The average Bonchev–Trinajstić information content (AvgIpc) is 2.93. The zero-order valence-electron chi connectivity index (χ0n) is 15.2. The van der Waals surface area contributed by atoms with Crippen molar-refractivity contribution in [2.45, 2.75) is 12.6 Å². The summed E-state index contributed by atoms with van der Waals surface area (Å²) >= 11 is 0. The highest BCUT2D eigenvalue weighted by molar-refractivity contribution is 7.89. The van der Waals surface area contributed by atoms with E-state index in [1.165, 1.54) is 18.4 Å². The number of amides is 1. The van der Waals surface area contributed by atoms with E-state index in [0.29, 0.717) is 18.8 Å². The van der Waals surface area contributed by atoms with Crippen molar-refractivity contribution in [1.29, 1.82) is 0 Å². The van der Waals surface area contributed by atoms with Crippen LogP contribution < -0.4 is 5.32 Å². The number of nitrogens with one attached hydrogen (secondary N) is 1. The third-order valence-corrected chi connectivity index (χ3v) is 6.15. The van der Waals surface area contributed by atoms with Gasteiger partial charge in [-0.15, -0.1) is 0 Å². The van der Waals surface area contributed by atoms with Gasteiger partial charge < -0.3 is 15.0 Å². The lowest BCUT2D eigenvalue weighted by atomic mass is 10.0. The first-order chi connectivity index (χ1) is 11.7. The summed E-state index contributed by atoms with van der Waals surface area (Å²) in [6.45, 7) is 1.41. The molecule has 2 rings (SSSR count). The van der Waals surface area contributed by atoms with E-state index in [1.807, 2.05) is 37.2 Å². The number of nitrogens with zero attached hydrogens (tertiary/aromatic N) is 2. The molecule has 1 aliphatic heterocycles. The molecule has 0 bridgehead atoms. The number of ether oxygens (including phenoxy) is 1. The van der Waals surface area contributed by atoms with E-state index in [9.17, 15) is 13.2 Å². The van der Waals surface area contributed by atoms with Gasteiger partial charge >= 0.3 is 0 Å². The lowest BCUT2D eigenvalue weighted by Crippen LogP contribution is -2.43. The van der Waals surface area contributed by atoms with E-state index in [-0.39, 0.29) is 23.6 Å². The summed E-state index contributed by atoms with van der Waals surface area (Å²) in [5, 5.41) is 2.93. The average molecular weight is 369 g/mol. The Bertz CT molecular complexity index is 704. The highest BCUT2D eigenvalue weighted by Crippen LogP contribution is 2.18. The van der Waals surface area contributed by atoms with Crippen LogP contribution in [0.2, 0.25) is 0 Å². The summed E-state index contributed by atoms with van der Waals surface area (Å²) in [7, 11) is 3.62. The third-order valence-electron chi connectivity index (χ3n) is 4.18. The lowest BCUT2D eigenvalue weighted by Gasteiger charge is -2.21. The van der Waals surface area contributed by atoms with Gasteiger partial charge in [-0.3, -0.25) is 4.79 Å². The molecule has 2 unspecified atom stereocenters. The number of benzene rings is 1. The largest absolute Gasteiger partial charge is 0.379 e. The normalized spacial score (nSPS) is 21.0. The standard InChI is InChI=1S/C17H27N3O4S/c1-19(2)9-13-6-5-7-14(8-13)17(21)18-16-11-24-10-15(16)12-25(22,23)20(3)4/h5-8,15-16H,9-12H2,1-4H3,(H,18,21). The first-order valence-electron chi connectivity index (χ1n) is 8.21. The van der Waals surface area contributed by atoms with Gasteiger partial charge in [0.25, 0.3) is 5.91 Å². The number of carbonyl (C=O) groups is 1. The predicted octanol–water partition coefficient (Wildman–Crippen LogP) is 0.384. The molecule has 1 heterocycles. The second-order valence-electron chi connectivity index (χ2n) is 6.88. The van der Waals surface area contributed by atoms with Crippen LogP contribution in [0, 0.1) is 5.92 Å². The Kier molecular flexibility index (Phi) is 6.56. The zero-order valence-corrected chi connectivity index (χ0v) is 16.0. The van der Waals surface area contributed by atoms with E-state index in [2.05, 4.69) is 5.32 Å². The Morgan fingerprint density at radius 3 is 2.60 bits per heavy atom. The number of sulfonamides is 1. The second kappa shape index (κ2) is 8.27. The van der Waals surface area contributed by atoms with E-state index >= 15 is 0 Å². The summed E-state index contributed by atoms with van der Waals surface area (Å²) in [5.41, 5.74) is 1.62. The summed E-state index contributed by atoms with van der Waals surface area (Å²) < 4.78 is 30.8. The molecule has 2 atom stereocenters. The van der Waals surface area contributed by atoms with Crippen LogP contribution in [0.4, 0.5) is 0 Å². The molecule has 0 radical (unpaired) electrons. The van der Waals surface area contributed by atoms with Crippen LogP contribution in [0.3, 0.4) is 0 Å². The maximum atomic E-state index is 12.5. The number of hydrogen-bond donors (Lipinski definition) is 1. The van der Waals surface area contributed by atoms with Crippen molar-refractivity contribution in [2.75, 3.05) is 47.2 Å².